The Morgan fingerprint density at radius 2 is 1.67 bits per heavy atom. The van der Waals surface area contributed by atoms with Gasteiger partial charge in [0, 0.05) is 19.1 Å². The van der Waals surface area contributed by atoms with Crippen LogP contribution in [0.15, 0.2) is 36.4 Å². The Morgan fingerprint density at radius 3 is 2.33 bits per heavy atom. The number of halogens is 1. The maximum Gasteiger partial charge on any atom is 0.260 e. The number of benzene rings is 2. The van der Waals surface area contributed by atoms with Crippen molar-refractivity contribution in [3.63, 3.8) is 0 Å². The molecule has 1 aliphatic heterocycles. The van der Waals surface area contributed by atoms with Gasteiger partial charge in [0.1, 0.15) is 11.6 Å². The number of hydrogen-bond donors (Lipinski definition) is 1. The average molecular weight is 413 g/mol. The van der Waals surface area contributed by atoms with Crippen molar-refractivity contribution in [1.29, 1.82) is 0 Å². The molecule has 30 heavy (non-hydrogen) atoms. The van der Waals surface area contributed by atoms with E-state index in [4.69, 9.17) is 4.74 Å². The molecular weight excluding hydrogens is 383 g/mol. The van der Waals surface area contributed by atoms with E-state index >= 15 is 0 Å². The first-order chi connectivity index (χ1) is 14.3. The van der Waals surface area contributed by atoms with Gasteiger partial charge in [-0.1, -0.05) is 24.3 Å². The molecule has 0 atom stereocenters. The number of nitrogens with one attached hydrogen (secondary N) is 1. The van der Waals surface area contributed by atoms with E-state index in [0.29, 0.717) is 25.9 Å². The Kier molecular flexibility index (Phi) is 7.08. The number of hydrogen-bond acceptors (Lipinski definition) is 3. The third kappa shape index (κ3) is 5.59. The van der Waals surface area contributed by atoms with Crippen LogP contribution in [0.4, 0.5) is 4.39 Å². The van der Waals surface area contributed by atoms with E-state index < -0.39 is 0 Å². The smallest absolute Gasteiger partial charge is 0.260 e. The van der Waals surface area contributed by atoms with E-state index in [2.05, 4.69) is 11.4 Å². The molecule has 2 aromatic carbocycles. The van der Waals surface area contributed by atoms with Crippen LogP contribution in [-0.4, -0.2) is 42.5 Å². The molecule has 0 aliphatic carbocycles. The van der Waals surface area contributed by atoms with E-state index in [0.717, 1.165) is 28.0 Å². The highest BCUT2D eigenvalue weighted by atomic mass is 19.1. The molecule has 160 valence electrons. The molecule has 1 aliphatic rings. The minimum absolute atomic E-state index is 0.0206. The van der Waals surface area contributed by atoms with Crippen LogP contribution < -0.4 is 10.1 Å². The molecule has 0 saturated carbocycles. The minimum atomic E-state index is -0.312. The van der Waals surface area contributed by atoms with E-state index in [-0.39, 0.29) is 36.7 Å². The zero-order valence-corrected chi connectivity index (χ0v) is 17.8. The fraction of sp³-hybridized carbons (Fsp3) is 0.417. The Labute approximate surface area is 177 Å². The number of aryl methyl sites for hydroxylation is 2. The number of carbonyl (C=O) groups excluding carboxylic acids is 2. The third-order valence-electron chi connectivity index (χ3n) is 5.70. The molecule has 5 nitrogen and oxygen atoms in total. The highest BCUT2D eigenvalue weighted by molar-refractivity contribution is 5.79. The van der Waals surface area contributed by atoms with Crippen molar-refractivity contribution >= 4 is 11.8 Å². The van der Waals surface area contributed by atoms with Crippen molar-refractivity contribution in [2.75, 3.05) is 19.7 Å². The van der Waals surface area contributed by atoms with Gasteiger partial charge in [0.05, 0.1) is 6.42 Å². The predicted octanol–water partition coefficient (Wildman–Crippen LogP) is 3.48. The third-order valence-corrected chi connectivity index (χ3v) is 5.70. The molecule has 2 aromatic rings. The summed E-state index contributed by atoms with van der Waals surface area (Å²) in [6.45, 7) is 7.21. The van der Waals surface area contributed by atoms with Gasteiger partial charge >= 0.3 is 0 Å². The number of carbonyl (C=O) groups is 2. The fourth-order valence-electron chi connectivity index (χ4n) is 3.71. The van der Waals surface area contributed by atoms with Gasteiger partial charge in [-0.25, -0.2) is 4.39 Å². The van der Waals surface area contributed by atoms with Gasteiger partial charge in [0.2, 0.25) is 5.91 Å². The van der Waals surface area contributed by atoms with Crippen LogP contribution in [0.25, 0.3) is 0 Å². The predicted molar refractivity (Wildman–Crippen MR) is 114 cm³/mol. The quantitative estimate of drug-likeness (QED) is 0.790. The lowest BCUT2D eigenvalue weighted by Gasteiger charge is -2.32. The molecule has 1 fully saturated rings. The molecule has 1 heterocycles. The Hall–Kier alpha value is -2.89. The molecule has 1 saturated heterocycles. The molecule has 2 amide bonds. The summed E-state index contributed by atoms with van der Waals surface area (Å²) in [5.74, 6) is 0.353. The summed E-state index contributed by atoms with van der Waals surface area (Å²) in [5.41, 5.74) is 4.00. The SMILES string of the molecule is Cc1ccc(C)c(OCC(=O)N2CCC(NC(=O)Cc3ccc(F)cc3)CC2)c1C. The number of nitrogens with zero attached hydrogens (tertiary/aromatic N) is 1. The van der Waals surface area contributed by atoms with Crippen LogP contribution >= 0.6 is 0 Å². The molecular formula is C24H29FN2O3. The number of rotatable bonds is 6. The van der Waals surface area contributed by atoms with Crippen LogP contribution in [0.2, 0.25) is 0 Å². The zero-order valence-electron chi connectivity index (χ0n) is 17.8. The van der Waals surface area contributed by atoms with Gasteiger partial charge in [-0.05, 0) is 68.0 Å². The molecule has 0 bridgehead atoms. The van der Waals surface area contributed by atoms with Gasteiger partial charge < -0.3 is 15.0 Å². The summed E-state index contributed by atoms with van der Waals surface area (Å²) < 4.78 is 18.8. The van der Waals surface area contributed by atoms with Crippen molar-refractivity contribution in [1.82, 2.24) is 10.2 Å². The highest BCUT2D eigenvalue weighted by Crippen LogP contribution is 2.25. The molecule has 3 rings (SSSR count). The molecule has 1 N–H and O–H groups in total. The van der Waals surface area contributed by atoms with E-state index in [9.17, 15) is 14.0 Å². The maximum absolute atomic E-state index is 13.0. The van der Waals surface area contributed by atoms with Crippen LogP contribution in [0.5, 0.6) is 5.75 Å². The van der Waals surface area contributed by atoms with Crippen LogP contribution in [0, 0.1) is 26.6 Å². The minimum Gasteiger partial charge on any atom is -0.483 e. The zero-order chi connectivity index (χ0) is 21.7. The molecule has 0 radical (unpaired) electrons. The van der Waals surface area contributed by atoms with E-state index in [1.165, 1.54) is 12.1 Å². The Morgan fingerprint density at radius 1 is 1.03 bits per heavy atom. The van der Waals surface area contributed by atoms with Gasteiger partial charge in [0.15, 0.2) is 6.61 Å². The van der Waals surface area contributed by atoms with Crippen LogP contribution in [0.3, 0.4) is 0 Å². The van der Waals surface area contributed by atoms with Crippen molar-refractivity contribution in [2.45, 2.75) is 46.1 Å². The number of likely N-dealkylation sites (tertiary alicyclic amines) is 1. The van der Waals surface area contributed by atoms with Crippen molar-refractivity contribution < 1.29 is 18.7 Å². The summed E-state index contributed by atoms with van der Waals surface area (Å²) in [6.07, 6.45) is 1.65. The molecule has 0 spiro atoms. The second kappa shape index (κ2) is 9.74. The van der Waals surface area contributed by atoms with Crippen LogP contribution in [0.1, 0.15) is 35.1 Å². The second-order valence-electron chi connectivity index (χ2n) is 7.97. The monoisotopic (exact) mass is 412 g/mol. The Bertz CT molecular complexity index is 903. The van der Waals surface area contributed by atoms with Gasteiger partial charge in [-0.2, -0.15) is 0 Å². The lowest BCUT2D eigenvalue weighted by Crippen LogP contribution is -2.48. The molecule has 0 unspecified atom stereocenters. The first-order valence-electron chi connectivity index (χ1n) is 10.3. The molecule has 0 aromatic heterocycles. The maximum atomic E-state index is 13.0. The first-order valence-corrected chi connectivity index (χ1v) is 10.3. The summed E-state index contributed by atoms with van der Waals surface area (Å²) in [6, 6.07) is 10.0. The van der Waals surface area contributed by atoms with Crippen molar-refractivity contribution in [3.05, 3.63) is 64.5 Å². The van der Waals surface area contributed by atoms with Gasteiger partial charge in [-0.15, -0.1) is 0 Å². The van der Waals surface area contributed by atoms with Gasteiger partial charge in [0.25, 0.3) is 5.91 Å². The topological polar surface area (TPSA) is 58.6 Å². The summed E-state index contributed by atoms with van der Waals surface area (Å²) in [7, 11) is 0. The fourth-order valence-corrected chi connectivity index (χ4v) is 3.71. The lowest BCUT2D eigenvalue weighted by atomic mass is 10.0. The van der Waals surface area contributed by atoms with Crippen molar-refractivity contribution in [3.8, 4) is 5.75 Å². The summed E-state index contributed by atoms with van der Waals surface area (Å²) in [4.78, 5) is 26.6. The van der Waals surface area contributed by atoms with E-state index in [1.807, 2.05) is 26.8 Å². The summed E-state index contributed by atoms with van der Waals surface area (Å²) in [5, 5.41) is 3.02. The standard InChI is InChI=1S/C24H29FN2O3/c1-16-4-5-17(2)24(18(16)3)30-15-23(29)27-12-10-21(11-13-27)26-22(28)14-19-6-8-20(25)9-7-19/h4-9,21H,10-15H2,1-3H3,(H,26,28). The van der Waals surface area contributed by atoms with Crippen molar-refractivity contribution in [2.24, 2.45) is 0 Å². The number of amides is 2. The average Bonchev–Trinajstić information content (AvgIpc) is 2.73. The number of ether oxygens (including phenoxy) is 1. The van der Waals surface area contributed by atoms with Gasteiger partial charge in [-0.3, -0.25) is 9.59 Å². The Balaban J connectivity index is 1.43. The lowest BCUT2D eigenvalue weighted by molar-refractivity contribution is -0.134. The largest absolute Gasteiger partial charge is 0.483 e. The summed E-state index contributed by atoms with van der Waals surface area (Å²) >= 11 is 0. The number of piperidine rings is 1. The van der Waals surface area contributed by atoms with E-state index in [1.54, 1.807) is 17.0 Å². The highest BCUT2D eigenvalue weighted by Gasteiger charge is 2.24. The second-order valence-corrected chi connectivity index (χ2v) is 7.97. The normalized spacial score (nSPS) is 14.5. The molecule has 6 heteroatoms. The first kappa shape index (κ1) is 21.8. The van der Waals surface area contributed by atoms with Crippen LogP contribution in [-0.2, 0) is 16.0 Å².